The summed E-state index contributed by atoms with van der Waals surface area (Å²) in [6.07, 6.45) is -0.385. The maximum absolute atomic E-state index is 5.28. The summed E-state index contributed by atoms with van der Waals surface area (Å²) < 4.78 is 15.2. The first-order valence-electron chi connectivity index (χ1n) is 3.40. The van der Waals surface area contributed by atoms with Crippen LogP contribution < -0.4 is 0 Å². The summed E-state index contributed by atoms with van der Waals surface area (Å²) in [7, 11) is 3.15. The molecule has 1 aromatic rings. The van der Waals surface area contributed by atoms with Gasteiger partial charge in [-0.25, -0.2) is 0 Å². The van der Waals surface area contributed by atoms with Crippen LogP contribution in [0.4, 0.5) is 0 Å². The number of furan rings is 1. The lowest BCUT2D eigenvalue weighted by Gasteiger charge is -2.09. The summed E-state index contributed by atoms with van der Waals surface area (Å²) in [5, 5.41) is 0. The quantitative estimate of drug-likeness (QED) is 0.626. The Bertz CT molecular complexity index is 213. The van der Waals surface area contributed by atoms with Gasteiger partial charge in [0.25, 0.3) is 0 Å². The fourth-order valence-corrected chi connectivity index (χ4v) is 0.909. The molecule has 0 saturated heterocycles. The van der Waals surface area contributed by atoms with Gasteiger partial charge >= 0.3 is 0 Å². The Hall–Kier alpha value is -0.800. The number of aryl methyl sites for hydroxylation is 1. The lowest BCUT2D eigenvalue weighted by Crippen LogP contribution is -2.01. The molecule has 0 saturated carbocycles. The third-order valence-electron chi connectivity index (χ3n) is 1.42. The second-order valence-corrected chi connectivity index (χ2v) is 2.25. The van der Waals surface area contributed by atoms with Crippen molar-refractivity contribution in [3.8, 4) is 0 Å². The first-order chi connectivity index (χ1) is 5.27. The number of hydrogen-bond donors (Lipinski definition) is 0. The van der Waals surface area contributed by atoms with Crippen molar-refractivity contribution in [2.75, 3.05) is 14.2 Å². The van der Waals surface area contributed by atoms with Crippen LogP contribution in [0.3, 0.4) is 0 Å². The maximum atomic E-state index is 5.28. The molecular formula is C8H12O3. The van der Waals surface area contributed by atoms with Gasteiger partial charge in [0.1, 0.15) is 5.76 Å². The van der Waals surface area contributed by atoms with Gasteiger partial charge in [0.05, 0.1) is 0 Å². The van der Waals surface area contributed by atoms with Crippen molar-refractivity contribution in [1.82, 2.24) is 0 Å². The minimum absolute atomic E-state index is 0.385. The van der Waals surface area contributed by atoms with Crippen molar-refractivity contribution < 1.29 is 13.9 Å². The van der Waals surface area contributed by atoms with Gasteiger partial charge in [-0.1, -0.05) is 0 Å². The van der Waals surface area contributed by atoms with Crippen molar-refractivity contribution >= 4 is 0 Å². The van der Waals surface area contributed by atoms with Crippen molar-refractivity contribution in [2.24, 2.45) is 0 Å². The van der Waals surface area contributed by atoms with Crippen LogP contribution in [-0.4, -0.2) is 14.2 Å². The lowest BCUT2D eigenvalue weighted by atomic mass is 10.4. The van der Waals surface area contributed by atoms with Gasteiger partial charge in [0.15, 0.2) is 5.76 Å². The Balaban J connectivity index is 2.73. The van der Waals surface area contributed by atoms with E-state index in [1.165, 1.54) is 0 Å². The van der Waals surface area contributed by atoms with Crippen LogP contribution in [0.25, 0.3) is 0 Å². The summed E-state index contributed by atoms with van der Waals surface area (Å²) in [5.74, 6) is 1.56. The molecule has 0 spiro atoms. The second-order valence-electron chi connectivity index (χ2n) is 2.25. The molecule has 0 aromatic carbocycles. The highest BCUT2D eigenvalue weighted by Gasteiger charge is 2.11. The zero-order chi connectivity index (χ0) is 8.27. The normalized spacial score (nSPS) is 10.9. The molecule has 1 aromatic heterocycles. The Morgan fingerprint density at radius 3 is 2.27 bits per heavy atom. The molecule has 3 nitrogen and oxygen atoms in total. The summed E-state index contributed by atoms with van der Waals surface area (Å²) in [4.78, 5) is 0. The van der Waals surface area contributed by atoms with Crippen LogP contribution >= 0.6 is 0 Å². The van der Waals surface area contributed by atoms with Crippen LogP contribution in [0.2, 0.25) is 0 Å². The summed E-state index contributed by atoms with van der Waals surface area (Å²) >= 11 is 0. The minimum atomic E-state index is -0.385. The molecular weight excluding hydrogens is 144 g/mol. The van der Waals surface area contributed by atoms with Gasteiger partial charge in [-0.3, -0.25) is 0 Å². The van der Waals surface area contributed by atoms with Crippen molar-refractivity contribution in [1.29, 1.82) is 0 Å². The molecule has 11 heavy (non-hydrogen) atoms. The Kier molecular flexibility index (Phi) is 2.68. The van der Waals surface area contributed by atoms with E-state index in [0.717, 1.165) is 5.76 Å². The van der Waals surface area contributed by atoms with E-state index in [1.54, 1.807) is 14.2 Å². The van der Waals surface area contributed by atoms with Gasteiger partial charge in [0, 0.05) is 14.2 Å². The van der Waals surface area contributed by atoms with E-state index in [0.29, 0.717) is 5.76 Å². The molecule has 0 amide bonds. The molecule has 0 aliphatic rings. The zero-order valence-corrected chi connectivity index (χ0v) is 6.96. The minimum Gasteiger partial charge on any atom is -0.461 e. The third kappa shape index (κ3) is 1.82. The van der Waals surface area contributed by atoms with Crippen LogP contribution in [0.15, 0.2) is 16.5 Å². The van der Waals surface area contributed by atoms with Gasteiger partial charge < -0.3 is 13.9 Å². The van der Waals surface area contributed by atoms with Crippen LogP contribution in [0.1, 0.15) is 17.8 Å². The molecule has 1 heterocycles. The molecule has 0 bridgehead atoms. The van der Waals surface area contributed by atoms with Gasteiger partial charge in [-0.05, 0) is 19.1 Å². The molecule has 0 aliphatic carbocycles. The monoisotopic (exact) mass is 156 g/mol. The fourth-order valence-electron chi connectivity index (χ4n) is 0.909. The average molecular weight is 156 g/mol. The van der Waals surface area contributed by atoms with E-state index in [9.17, 15) is 0 Å². The fraction of sp³-hybridized carbons (Fsp3) is 0.500. The molecule has 1 rings (SSSR count). The second kappa shape index (κ2) is 3.55. The zero-order valence-electron chi connectivity index (χ0n) is 6.96. The van der Waals surface area contributed by atoms with E-state index in [4.69, 9.17) is 13.9 Å². The molecule has 62 valence electrons. The molecule has 0 unspecified atom stereocenters. The average Bonchev–Trinajstić information content (AvgIpc) is 2.39. The van der Waals surface area contributed by atoms with E-state index >= 15 is 0 Å². The third-order valence-corrected chi connectivity index (χ3v) is 1.42. The molecule has 0 fully saturated rings. The maximum Gasteiger partial charge on any atom is 0.216 e. The van der Waals surface area contributed by atoms with E-state index in [1.807, 2.05) is 19.1 Å². The van der Waals surface area contributed by atoms with Crippen LogP contribution in [-0.2, 0) is 9.47 Å². The van der Waals surface area contributed by atoms with E-state index in [-0.39, 0.29) is 6.29 Å². The number of methoxy groups -OCH3 is 2. The Labute approximate surface area is 65.9 Å². The van der Waals surface area contributed by atoms with Crippen molar-refractivity contribution in [3.63, 3.8) is 0 Å². The van der Waals surface area contributed by atoms with Gasteiger partial charge in [0.2, 0.25) is 6.29 Å². The van der Waals surface area contributed by atoms with Crippen LogP contribution in [0.5, 0.6) is 0 Å². The molecule has 0 N–H and O–H groups in total. The SMILES string of the molecule is COC(OC)c1ccc(C)o1. The molecule has 0 radical (unpaired) electrons. The highest BCUT2D eigenvalue weighted by Crippen LogP contribution is 2.18. The van der Waals surface area contributed by atoms with Crippen LogP contribution in [0, 0.1) is 6.92 Å². The molecule has 3 heteroatoms. The lowest BCUT2D eigenvalue weighted by molar-refractivity contribution is -0.118. The standard InChI is InChI=1S/C8H12O3/c1-6-4-5-7(11-6)8(9-2)10-3/h4-5,8H,1-3H3. The van der Waals surface area contributed by atoms with Crippen molar-refractivity contribution in [2.45, 2.75) is 13.2 Å². The molecule has 0 atom stereocenters. The smallest absolute Gasteiger partial charge is 0.216 e. The highest BCUT2D eigenvalue weighted by atomic mass is 16.7. The topological polar surface area (TPSA) is 31.6 Å². The number of hydrogen-bond acceptors (Lipinski definition) is 3. The Morgan fingerprint density at radius 2 is 1.91 bits per heavy atom. The summed E-state index contributed by atoms with van der Waals surface area (Å²) in [6, 6.07) is 3.72. The number of ether oxygens (including phenoxy) is 2. The van der Waals surface area contributed by atoms with E-state index < -0.39 is 0 Å². The summed E-state index contributed by atoms with van der Waals surface area (Å²) in [5.41, 5.74) is 0. The van der Waals surface area contributed by atoms with Gasteiger partial charge in [-0.2, -0.15) is 0 Å². The first kappa shape index (κ1) is 8.30. The predicted octanol–water partition coefficient (Wildman–Crippen LogP) is 1.88. The highest BCUT2D eigenvalue weighted by molar-refractivity contribution is 5.06. The van der Waals surface area contributed by atoms with E-state index in [2.05, 4.69) is 0 Å². The van der Waals surface area contributed by atoms with Gasteiger partial charge in [-0.15, -0.1) is 0 Å². The Morgan fingerprint density at radius 1 is 1.27 bits per heavy atom. The predicted molar refractivity (Wildman–Crippen MR) is 40.2 cm³/mol. The first-order valence-corrected chi connectivity index (χ1v) is 3.40. The largest absolute Gasteiger partial charge is 0.461 e. The summed E-state index contributed by atoms with van der Waals surface area (Å²) in [6.45, 7) is 1.88. The number of rotatable bonds is 3. The molecule has 0 aliphatic heterocycles. The van der Waals surface area contributed by atoms with Crippen molar-refractivity contribution in [3.05, 3.63) is 23.7 Å².